The van der Waals surface area contributed by atoms with Gasteiger partial charge < -0.3 is 14.8 Å². The van der Waals surface area contributed by atoms with Gasteiger partial charge in [-0.15, -0.1) is 6.58 Å². The van der Waals surface area contributed by atoms with E-state index in [9.17, 15) is 13.2 Å². The number of benzene rings is 2. The van der Waals surface area contributed by atoms with Crippen molar-refractivity contribution in [3.05, 3.63) is 96.7 Å². The molecule has 1 saturated heterocycles. The molecule has 38 heavy (non-hydrogen) atoms. The van der Waals surface area contributed by atoms with E-state index < -0.39 is 11.7 Å². The minimum absolute atomic E-state index is 0.158. The lowest BCUT2D eigenvalue weighted by Crippen LogP contribution is -2.31. The maximum absolute atomic E-state index is 13.6. The van der Waals surface area contributed by atoms with Gasteiger partial charge in [-0.05, 0) is 49.1 Å². The van der Waals surface area contributed by atoms with E-state index >= 15 is 0 Å². The molecular weight excluding hydrogens is 487 g/mol. The zero-order valence-electron chi connectivity index (χ0n) is 21.2. The molecule has 1 aliphatic heterocycles. The quantitative estimate of drug-likeness (QED) is 0.258. The number of nitrogens with zero attached hydrogens (tertiary/aromatic N) is 4. The average Bonchev–Trinajstić information content (AvgIpc) is 3.29. The second kappa shape index (κ2) is 10.7. The van der Waals surface area contributed by atoms with E-state index in [0.717, 1.165) is 49.1 Å². The molecule has 5 rings (SSSR count). The van der Waals surface area contributed by atoms with Crippen LogP contribution < -0.4 is 10.2 Å². The van der Waals surface area contributed by atoms with Crippen LogP contribution in [-0.4, -0.2) is 27.6 Å². The van der Waals surface area contributed by atoms with Gasteiger partial charge in [0.2, 0.25) is 5.95 Å². The Balaban J connectivity index is 1.59. The third-order valence-corrected chi connectivity index (χ3v) is 6.90. The van der Waals surface area contributed by atoms with Gasteiger partial charge >= 0.3 is 6.18 Å². The van der Waals surface area contributed by atoms with E-state index in [-0.39, 0.29) is 6.04 Å². The number of anilines is 2. The molecule has 0 unspecified atom stereocenters. The maximum atomic E-state index is 13.6. The Morgan fingerprint density at radius 2 is 1.71 bits per heavy atom. The molecule has 0 bridgehead atoms. The summed E-state index contributed by atoms with van der Waals surface area (Å²) in [5, 5.41) is 3.41. The highest BCUT2D eigenvalue weighted by Gasteiger charge is 2.31. The number of pyridine rings is 1. The minimum atomic E-state index is -4.44. The normalized spacial score (nSPS) is 14.8. The van der Waals surface area contributed by atoms with E-state index in [0.29, 0.717) is 22.8 Å². The van der Waals surface area contributed by atoms with Crippen molar-refractivity contribution in [3.63, 3.8) is 0 Å². The summed E-state index contributed by atoms with van der Waals surface area (Å²) < 4.78 is 42.7. The topological polar surface area (TPSA) is 46.0 Å². The Morgan fingerprint density at radius 3 is 2.42 bits per heavy atom. The lowest BCUT2D eigenvalue weighted by atomic mass is 10.0. The zero-order chi connectivity index (χ0) is 26.7. The third kappa shape index (κ3) is 5.30. The number of hydrogen-bond acceptors (Lipinski definition) is 4. The first-order valence-corrected chi connectivity index (χ1v) is 12.7. The van der Waals surface area contributed by atoms with Crippen LogP contribution in [0.3, 0.4) is 0 Å². The van der Waals surface area contributed by atoms with Gasteiger partial charge in [-0.1, -0.05) is 48.5 Å². The summed E-state index contributed by atoms with van der Waals surface area (Å²) in [5.74, 6) is 1.38. The summed E-state index contributed by atoms with van der Waals surface area (Å²) in [6.07, 6.45) is 2.36. The summed E-state index contributed by atoms with van der Waals surface area (Å²) in [5.41, 5.74) is 2.85. The first-order chi connectivity index (χ1) is 18.3. The molecule has 0 aliphatic carbocycles. The lowest BCUT2D eigenvalue weighted by molar-refractivity contribution is -0.137. The highest BCUT2D eigenvalue weighted by atomic mass is 19.4. The van der Waals surface area contributed by atoms with Crippen LogP contribution in [0.1, 0.15) is 36.4 Å². The Bertz CT molecular complexity index is 1410. The molecule has 2 aromatic carbocycles. The minimum Gasteiger partial charge on any atom is -0.360 e. The van der Waals surface area contributed by atoms with Crippen LogP contribution in [0.25, 0.3) is 22.5 Å². The largest absolute Gasteiger partial charge is 0.416 e. The molecular formula is C30H30F3N5. The Hall–Kier alpha value is -4.07. The molecule has 0 saturated carbocycles. The molecule has 8 heteroatoms. The van der Waals surface area contributed by atoms with Gasteiger partial charge in [0, 0.05) is 37.5 Å². The second-order valence-electron chi connectivity index (χ2n) is 9.49. The summed E-state index contributed by atoms with van der Waals surface area (Å²) in [4.78, 5) is 11.7. The molecule has 1 N–H and O–H groups in total. The molecule has 2 aromatic heterocycles. The van der Waals surface area contributed by atoms with Crippen LogP contribution in [0.15, 0.2) is 85.6 Å². The van der Waals surface area contributed by atoms with Gasteiger partial charge in [0.1, 0.15) is 5.82 Å². The van der Waals surface area contributed by atoms with E-state index in [4.69, 9.17) is 4.98 Å². The van der Waals surface area contributed by atoms with Crippen LogP contribution in [0.4, 0.5) is 24.9 Å². The van der Waals surface area contributed by atoms with Gasteiger partial charge in [-0.2, -0.15) is 13.2 Å². The van der Waals surface area contributed by atoms with Crippen molar-refractivity contribution < 1.29 is 13.2 Å². The van der Waals surface area contributed by atoms with Gasteiger partial charge in [-0.3, -0.25) is 0 Å². The summed E-state index contributed by atoms with van der Waals surface area (Å²) in [6.45, 7) is 5.70. The predicted molar refractivity (Wildman–Crippen MR) is 146 cm³/mol. The van der Waals surface area contributed by atoms with Crippen molar-refractivity contribution in [3.8, 4) is 22.5 Å². The first kappa shape index (κ1) is 25.6. The number of hydrogen-bond donors (Lipinski definition) is 1. The number of aromatic nitrogens is 3. The van der Waals surface area contributed by atoms with E-state index in [2.05, 4.69) is 21.8 Å². The van der Waals surface area contributed by atoms with E-state index in [1.807, 2.05) is 60.2 Å². The average molecular weight is 518 g/mol. The van der Waals surface area contributed by atoms with Crippen molar-refractivity contribution in [2.45, 2.75) is 31.5 Å². The molecule has 0 amide bonds. The number of halogens is 3. The second-order valence-corrected chi connectivity index (χ2v) is 9.49. The molecule has 1 aliphatic rings. The summed E-state index contributed by atoms with van der Waals surface area (Å²) in [6, 6.07) is 18.9. The predicted octanol–water partition coefficient (Wildman–Crippen LogP) is 7.50. The van der Waals surface area contributed by atoms with Gasteiger partial charge in [0.25, 0.3) is 0 Å². The molecule has 0 radical (unpaired) electrons. The molecule has 196 valence electrons. The highest BCUT2D eigenvalue weighted by Crippen LogP contribution is 2.39. The molecule has 0 spiro atoms. The first-order valence-electron chi connectivity index (χ1n) is 12.7. The van der Waals surface area contributed by atoms with E-state index in [1.165, 1.54) is 18.6 Å². The molecule has 1 fully saturated rings. The van der Waals surface area contributed by atoms with Crippen molar-refractivity contribution >= 4 is 11.8 Å². The fraction of sp³-hybridized carbons (Fsp3) is 0.267. The number of rotatable bonds is 7. The van der Waals surface area contributed by atoms with Crippen LogP contribution in [-0.2, 0) is 13.2 Å². The number of piperidine rings is 1. The third-order valence-electron chi connectivity index (χ3n) is 6.90. The van der Waals surface area contributed by atoms with Crippen molar-refractivity contribution in [2.75, 3.05) is 23.3 Å². The maximum Gasteiger partial charge on any atom is 0.416 e. The number of alkyl halides is 3. The lowest BCUT2D eigenvalue weighted by Gasteiger charge is -2.27. The number of nitrogens with one attached hydrogen (secondary N) is 1. The van der Waals surface area contributed by atoms with E-state index in [1.54, 1.807) is 12.3 Å². The number of imidazole rings is 1. The smallest absolute Gasteiger partial charge is 0.360 e. The molecule has 3 heterocycles. The molecule has 5 nitrogen and oxygen atoms in total. The molecule has 1 atom stereocenters. The highest BCUT2D eigenvalue weighted by molar-refractivity contribution is 5.82. The van der Waals surface area contributed by atoms with Crippen molar-refractivity contribution in [1.29, 1.82) is 0 Å². The van der Waals surface area contributed by atoms with Crippen LogP contribution in [0.5, 0.6) is 0 Å². The molecule has 4 aromatic rings. The van der Waals surface area contributed by atoms with Gasteiger partial charge in [-0.25, -0.2) is 9.97 Å². The fourth-order valence-corrected chi connectivity index (χ4v) is 4.99. The monoisotopic (exact) mass is 517 g/mol. The van der Waals surface area contributed by atoms with Crippen molar-refractivity contribution in [1.82, 2.24) is 14.5 Å². The Kier molecular flexibility index (Phi) is 7.22. The zero-order valence-corrected chi connectivity index (χ0v) is 21.2. The summed E-state index contributed by atoms with van der Waals surface area (Å²) >= 11 is 0. The van der Waals surface area contributed by atoms with Gasteiger partial charge in [0.15, 0.2) is 0 Å². The van der Waals surface area contributed by atoms with Crippen LogP contribution in [0, 0.1) is 0 Å². The van der Waals surface area contributed by atoms with Crippen LogP contribution >= 0.6 is 0 Å². The SMILES string of the molecule is C=C[C@H](Nc1cc(-c2nc(N3CCCCC3)n(C)c2-c2cccc(C(F)(F)F)c2)ccn1)c1ccccc1. The van der Waals surface area contributed by atoms with Crippen LogP contribution in [0.2, 0.25) is 0 Å². The standard InChI is InChI=1S/C30H30F3N5/c1-3-25(21-11-6-4-7-12-21)35-26-20-22(15-16-34-26)27-28(23-13-10-14-24(19-23)30(31,32)33)37(2)29(36-27)38-17-8-5-9-18-38/h3-4,6-7,10-16,19-20,25H,1,5,8-9,17-18H2,2H3,(H,34,35)/t25-/m0/s1. The Morgan fingerprint density at radius 1 is 0.947 bits per heavy atom. The van der Waals surface area contributed by atoms with Gasteiger partial charge in [0.05, 0.1) is 23.0 Å². The van der Waals surface area contributed by atoms with Crippen molar-refractivity contribution in [2.24, 2.45) is 7.05 Å². The Labute approximate surface area is 220 Å². The fourth-order valence-electron chi connectivity index (χ4n) is 4.99. The summed E-state index contributed by atoms with van der Waals surface area (Å²) in [7, 11) is 1.87.